The maximum atomic E-state index is 12.6. The topological polar surface area (TPSA) is 83.7 Å². The van der Waals surface area contributed by atoms with Crippen molar-refractivity contribution >= 4 is 41.2 Å². The molecule has 2 saturated heterocycles. The fourth-order valence-corrected chi connectivity index (χ4v) is 3.62. The molecule has 130 valence electrons. The van der Waals surface area contributed by atoms with Crippen LogP contribution in [0.2, 0.25) is 0 Å². The van der Waals surface area contributed by atoms with Crippen LogP contribution >= 0.6 is 24.2 Å². The second kappa shape index (κ2) is 8.00. The van der Waals surface area contributed by atoms with Gasteiger partial charge >= 0.3 is 0 Å². The van der Waals surface area contributed by atoms with Crippen LogP contribution in [0.25, 0.3) is 0 Å². The fraction of sp³-hybridized carbons (Fsp3) is 0.438. The SMILES string of the molecule is Cl.NC1CCCN(C(=O)c2cccc(CN3C(=O)CSC3=O)c2)C1. The van der Waals surface area contributed by atoms with Gasteiger partial charge in [-0.15, -0.1) is 12.4 Å². The lowest BCUT2D eigenvalue weighted by molar-refractivity contribution is -0.125. The van der Waals surface area contributed by atoms with Crippen LogP contribution in [0.5, 0.6) is 0 Å². The zero-order chi connectivity index (χ0) is 16.4. The van der Waals surface area contributed by atoms with E-state index in [9.17, 15) is 14.4 Å². The highest BCUT2D eigenvalue weighted by molar-refractivity contribution is 8.14. The molecule has 0 bridgehead atoms. The van der Waals surface area contributed by atoms with Crippen molar-refractivity contribution < 1.29 is 14.4 Å². The quantitative estimate of drug-likeness (QED) is 0.879. The molecule has 1 atom stereocenters. The monoisotopic (exact) mass is 369 g/mol. The molecule has 3 amide bonds. The number of benzene rings is 1. The normalized spacial score (nSPS) is 21.0. The summed E-state index contributed by atoms with van der Waals surface area (Å²) in [6, 6.07) is 7.15. The predicted octanol–water partition coefficient (Wildman–Crippen LogP) is 1.87. The number of amides is 3. The van der Waals surface area contributed by atoms with E-state index in [1.165, 1.54) is 4.90 Å². The van der Waals surface area contributed by atoms with Crippen LogP contribution in [0.3, 0.4) is 0 Å². The van der Waals surface area contributed by atoms with Gasteiger partial charge < -0.3 is 10.6 Å². The van der Waals surface area contributed by atoms with Gasteiger partial charge in [0.05, 0.1) is 12.3 Å². The van der Waals surface area contributed by atoms with E-state index in [1.54, 1.807) is 23.1 Å². The molecule has 2 heterocycles. The number of piperidine rings is 1. The minimum absolute atomic E-state index is 0. The smallest absolute Gasteiger partial charge is 0.289 e. The Morgan fingerprint density at radius 1 is 1.33 bits per heavy atom. The van der Waals surface area contributed by atoms with Gasteiger partial charge in [0, 0.05) is 24.7 Å². The molecule has 0 aliphatic carbocycles. The first-order chi connectivity index (χ1) is 11.0. The van der Waals surface area contributed by atoms with Gasteiger partial charge in [0.25, 0.3) is 11.1 Å². The summed E-state index contributed by atoms with van der Waals surface area (Å²) in [4.78, 5) is 38.9. The minimum atomic E-state index is -0.228. The molecule has 1 aromatic rings. The summed E-state index contributed by atoms with van der Waals surface area (Å²) in [7, 11) is 0. The van der Waals surface area contributed by atoms with Crippen molar-refractivity contribution in [1.82, 2.24) is 9.80 Å². The molecule has 2 aliphatic heterocycles. The Morgan fingerprint density at radius 3 is 2.79 bits per heavy atom. The Bertz CT molecular complexity index is 639. The second-order valence-electron chi connectivity index (χ2n) is 5.89. The number of nitrogens with two attached hydrogens (primary N) is 1. The first kappa shape index (κ1) is 18.8. The number of carbonyl (C=O) groups excluding carboxylic acids is 3. The maximum Gasteiger partial charge on any atom is 0.289 e. The number of nitrogens with zero attached hydrogens (tertiary/aromatic N) is 2. The number of likely N-dealkylation sites (tertiary alicyclic amines) is 1. The number of hydrogen-bond donors (Lipinski definition) is 1. The third kappa shape index (κ3) is 4.09. The molecule has 0 aromatic heterocycles. The minimum Gasteiger partial charge on any atom is -0.337 e. The van der Waals surface area contributed by atoms with Gasteiger partial charge in [0.2, 0.25) is 5.91 Å². The summed E-state index contributed by atoms with van der Waals surface area (Å²) in [5.41, 5.74) is 7.28. The molecule has 2 N–H and O–H groups in total. The van der Waals surface area contributed by atoms with E-state index in [4.69, 9.17) is 5.73 Å². The van der Waals surface area contributed by atoms with Gasteiger partial charge in [-0.1, -0.05) is 23.9 Å². The molecule has 2 aliphatic rings. The standard InChI is InChI=1S/C16H19N3O3S.ClH/c17-13-5-2-6-18(9-13)15(21)12-4-1-3-11(7-12)8-19-14(20)10-23-16(19)22;/h1,3-4,7,13H,2,5-6,8-10,17H2;1H. The predicted molar refractivity (Wildman–Crippen MR) is 95.2 cm³/mol. The highest BCUT2D eigenvalue weighted by Gasteiger charge is 2.30. The fourth-order valence-electron chi connectivity index (χ4n) is 2.90. The molecule has 3 rings (SSSR count). The van der Waals surface area contributed by atoms with E-state index < -0.39 is 0 Å². The number of thioether (sulfide) groups is 1. The van der Waals surface area contributed by atoms with E-state index in [0.717, 1.165) is 36.7 Å². The lowest BCUT2D eigenvalue weighted by Crippen LogP contribution is -2.45. The van der Waals surface area contributed by atoms with Crippen LogP contribution in [0.4, 0.5) is 4.79 Å². The molecule has 6 nitrogen and oxygen atoms in total. The molecular formula is C16H20ClN3O3S. The van der Waals surface area contributed by atoms with Gasteiger partial charge in [0.1, 0.15) is 0 Å². The molecule has 0 radical (unpaired) electrons. The van der Waals surface area contributed by atoms with Gasteiger partial charge in [-0.05, 0) is 30.5 Å². The van der Waals surface area contributed by atoms with Crippen LogP contribution in [0.1, 0.15) is 28.8 Å². The number of halogens is 1. The van der Waals surface area contributed by atoms with Gasteiger partial charge in [-0.3, -0.25) is 19.3 Å². The van der Waals surface area contributed by atoms with Gasteiger partial charge in [-0.2, -0.15) is 0 Å². The summed E-state index contributed by atoms with van der Waals surface area (Å²) in [5.74, 6) is -0.0301. The average Bonchev–Trinajstić information content (AvgIpc) is 2.86. The largest absolute Gasteiger partial charge is 0.337 e. The van der Waals surface area contributed by atoms with Crippen molar-refractivity contribution in [2.75, 3.05) is 18.8 Å². The first-order valence-corrected chi connectivity index (χ1v) is 8.64. The van der Waals surface area contributed by atoms with Crippen molar-refractivity contribution in [1.29, 1.82) is 0 Å². The number of carbonyl (C=O) groups is 3. The highest BCUT2D eigenvalue weighted by atomic mass is 35.5. The zero-order valence-electron chi connectivity index (χ0n) is 13.1. The van der Waals surface area contributed by atoms with Crippen molar-refractivity contribution in [3.63, 3.8) is 0 Å². The Labute approximate surface area is 151 Å². The van der Waals surface area contributed by atoms with E-state index in [0.29, 0.717) is 12.1 Å². The molecule has 0 spiro atoms. The lowest BCUT2D eigenvalue weighted by atomic mass is 10.0. The first-order valence-electron chi connectivity index (χ1n) is 7.65. The Kier molecular flexibility index (Phi) is 6.26. The van der Waals surface area contributed by atoms with E-state index in [2.05, 4.69) is 0 Å². The Morgan fingerprint density at radius 2 is 2.12 bits per heavy atom. The van der Waals surface area contributed by atoms with Crippen LogP contribution in [0, 0.1) is 0 Å². The maximum absolute atomic E-state index is 12.6. The number of rotatable bonds is 3. The molecular weight excluding hydrogens is 350 g/mol. The third-order valence-electron chi connectivity index (χ3n) is 4.10. The van der Waals surface area contributed by atoms with Crippen LogP contribution in [-0.4, -0.2) is 51.7 Å². The average molecular weight is 370 g/mol. The summed E-state index contributed by atoms with van der Waals surface area (Å²) >= 11 is 1.01. The van der Waals surface area contributed by atoms with Crippen LogP contribution < -0.4 is 5.73 Å². The summed E-state index contributed by atoms with van der Waals surface area (Å²) < 4.78 is 0. The molecule has 0 saturated carbocycles. The van der Waals surface area contributed by atoms with Crippen LogP contribution in [-0.2, 0) is 11.3 Å². The molecule has 1 aromatic carbocycles. The van der Waals surface area contributed by atoms with E-state index >= 15 is 0 Å². The molecule has 1 unspecified atom stereocenters. The lowest BCUT2D eigenvalue weighted by Gasteiger charge is -2.31. The molecule has 2 fully saturated rings. The Hall–Kier alpha value is -1.57. The second-order valence-corrected chi connectivity index (χ2v) is 6.81. The van der Waals surface area contributed by atoms with Crippen molar-refractivity contribution in [3.05, 3.63) is 35.4 Å². The van der Waals surface area contributed by atoms with E-state index in [-0.39, 0.29) is 47.8 Å². The van der Waals surface area contributed by atoms with Gasteiger partial charge in [0.15, 0.2) is 0 Å². The third-order valence-corrected chi connectivity index (χ3v) is 4.96. The number of hydrogen-bond acceptors (Lipinski definition) is 5. The molecule has 8 heteroatoms. The number of imide groups is 1. The van der Waals surface area contributed by atoms with Crippen molar-refractivity contribution in [2.24, 2.45) is 5.73 Å². The summed E-state index contributed by atoms with van der Waals surface area (Å²) in [6.45, 7) is 1.50. The van der Waals surface area contributed by atoms with Crippen LogP contribution in [0.15, 0.2) is 24.3 Å². The summed E-state index contributed by atoms with van der Waals surface area (Å²) in [6.07, 6.45) is 1.86. The van der Waals surface area contributed by atoms with E-state index in [1.807, 2.05) is 6.07 Å². The van der Waals surface area contributed by atoms with Crippen molar-refractivity contribution in [3.8, 4) is 0 Å². The summed E-state index contributed by atoms with van der Waals surface area (Å²) in [5, 5.41) is -0.228. The Balaban J connectivity index is 0.00000208. The molecule has 24 heavy (non-hydrogen) atoms. The van der Waals surface area contributed by atoms with Crippen molar-refractivity contribution in [2.45, 2.75) is 25.4 Å². The highest BCUT2D eigenvalue weighted by Crippen LogP contribution is 2.22. The zero-order valence-corrected chi connectivity index (χ0v) is 14.8. The van der Waals surface area contributed by atoms with Gasteiger partial charge in [-0.25, -0.2) is 0 Å².